The van der Waals surface area contributed by atoms with Crippen LogP contribution < -0.4 is 10.0 Å². The van der Waals surface area contributed by atoms with Gasteiger partial charge in [-0.25, -0.2) is 18.4 Å². The van der Waals surface area contributed by atoms with Crippen LogP contribution in [-0.4, -0.2) is 32.9 Å². The molecule has 2 heterocycles. The number of sulfonamides is 1. The zero-order valence-corrected chi connectivity index (χ0v) is 16.8. The summed E-state index contributed by atoms with van der Waals surface area (Å²) in [6, 6.07) is 5.99. The van der Waals surface area contributed by atoms with E-state index in [0.29, 0.717) is 17.7 Å². The number of rotatable bonds is 4. The standard InChI is InChI=1S/C18H20N2O5S2/c1-10-6-13-8-14(27(19,23)24)4-5-16(13)20(10)17(21)9-25-18(22)15-7-11(2)26-12(15)3/h4-5,7-8,10H,6,9H2,1-3H3,(H2,19,23,24). The van der Waals surface area contributed by atoms with Crippen molar-refractivity contribution in [2.75, 3.05) is 11.5 Å². The van der Waals surface area contributed by atoms with E-state index in [0.717, 1.165) is 15.3 Å². The number of ether oxygens (including phenoxy) is 1. The molecule has 2 N–H and O–H groups in total. The molecule has 3 rings (SSSR count). The van der Waals surface area contributed by atoms with Gasteiger partial charge in [-0.1, -0.05) is 0 Å². The number of primary sulfonamides is 1. The molecule has 1 atom stereocenters. The quantitative estimate of drug-likeness (QED) is 0.780. The molecule has 0 aliphatic carbocycles. The highest BCUT2D eigenvalue weighted by molar-refractivity contribution is 7.89. The molecular weight excluding hydrogens is 388 g/mol. The number of carbonyl (C=O) groups excluding carboxylic acids is 2. The van der Waals surface area contributed by atoms with Crippen LogP contribution in [0.2, 0.25) is 0 Å². The highest BCUT2D eigenvalue weighted by atomic mass is 32.2. The van der Waals surface area contributed by atoms with E-state index in [4.69, 9.17) is 9.88 Å². The van der Waals surface area contributed by atoms with E-state index < -0.39 is 16.0 Å². The molecule has 1 amide bonds. The maximum atomic E-state index is 12.6. The number of fused-ring (bicyclic) bond motifs is 1. The van der Waals surface area contributed by atoms with Gasteiger partial charge in [0, 0.05) is 21.5 Å². The first kappa shape index (κ1) is 19.5. The Bertz CT molecular complexity index is 1030. The van der Waals surface area contributed by atoms with Gasteiger partial charge in [0.2, 0.25) is 10.0 Å². The number of anilines is 1. The molecule has 144 valence electrons. The van der Waals surface area contributed by atoms with Gasteiger partial charge < -0.3 is 9.64 Å². The van der Waals surface area contributed by atoms with E-state index in [1.54, 1.807) is 12.1 Å². The maximum absolute atomic E-state index is 12.6. The first-order valence-electron chi connectivity index (χ1n) is 8.30. The molecule has 0 fully saturated rings. The van der Waals surface area contributed by atoms with Gasteiger partial charge in [-0.05, 0) is 57.0 Å². The first-order valence-corrected chi connectivity index (χ1v) is 10.7. The molecular formula is C18H20N2O5S2. The Labute approximate surface area is 161 Å². The summed E-state index contributed by atoms with van der Waals surface area (Å²) < 4.78 is 28.2. The summed E-state index contributed by atoms with van der Waals surface area (Å²) in [4.78, 5) is 28.2. The number of esters is 1. The van der Waals surface area contributed by atoms with Crippen molar-refractivity contribution in [2.45, 2.75) is 38.1 Å². The van der Waals surface area contributed by atoms with Crippen LogP contribution in [0.15, 0.2) is 29.2 Å². The highest BCUT2D eigenvalue weighted by Gasteiger charge is 2.32. The molecule has 9 heteroatoms. The molecule has 0 spiro atoms. The van der Waals surface area contributed by atoms with Gasteiger partial charge in [0.15, 0.2) is 6.61 Å². The number of nitrogens with two attached hydrogens (primary N) is 1. The fourth-order valence-electron chi connectivity index (χ4n) is 3.27. The van der Waals surface area contributed by atoms with Crippen molar-refractivity contribution < 1.29 is 22.7 Å². The Kier molecular flexibility index (Phi) is 5.11. The minimum atomic E-state index is -3.81. The van der Waals surface area contributed by atoms with Gasteiger partial charge in [0.25, 0.3) is 5.91 Å². The van der Waals surface area contributed by atoms with Crippen molar-refractivity contribution in [3.8, 4) is 0 Å². The number of nitrogens with zero attached hydrogens (tertiary/aromatic N) is 1. The molecule has 2 aromatic rings. The Morgan fingerprint density at radius 1 is 1.30 bits per heavy atom. The predicted octanol–water partition coefficient (Wildman–Crippen LogP) is 2.15. The minimum absolute atomic E-state index is 0.0116. The molecule has 1 aliphatic rings. The fraction of sp³-hybridized carbons (Fsp3) is 0.333. The average molecular weight is 409 g/mol. The molecule has 0 radical (unpaired) electrons. The second-order valence-corrected chi connectivity index (χ2v) is 9.58. The number of thiophene rings is 1. The number of hydrogen-bond donors (Lipinski definition) is 1. The van der Waals surface area contributed by atoms with Crippen LogP contribution in [0.3, 0.4) is 0 Å². The Hall–Kier alpha value is -2.23. The van der Waals surface area contributed by atoms with E-state index in [-0.39, 0.29) is 23.5 Å². The third-order valence-electron chi connectivity index (χ3n) is 4.45. The number of amides is 1. The van der Waals surface area contributed by atoms with E-state index in [1.165, 1.54) is 28.4 Å². The third-order valence-corrected chi connectivity index (χ3v) is 6.33. The van der Waals surface area contributed by atoms with Crippen molar-refractivity contribution in [3.05, 3.63) is 45.1 Å². The van der Waals surface area contributed by atoms with E-state index in [9.17, 15) is 18.0 Å². The van der Waals surface area contributed by atoms with Crippen molar-refractivity contribution in [2.24, 2.45) is 5.14 Å². The Morgan fingerprint density at radius 2 is 2.00 bits per heavy atom. The molecule has 27 heavy (non-hydrogen) atoms. The topological polar surface area (TPSA) is 107 Å². The second kappa shape index (κ2) is 7.06. The summed E-state index contributed by atoms with van der Waals surface area (Å²) in [5.41, 5.74) is 1.80. The summed E-state index contributed by atoms with van der Waals surface area (Å²) >= 11 is 1.50. The van der Waals surface area contributed by atoms with Crippen LogP contribution in [0.5, 0.6) is 0 Å². The number of aryl methyl sites for hydroxylation is 2. The number of benzene rings is 1. The minimum Gasteiger partial charge on any atom is -0.452 e. The summed E-state index contributed by atoms with van der Waals surface area (Å²) in [5.74, 6) is -0.885. The lowest BCUT2D eigenvalue weighted by Gasteiger charge is -2.22. The summed E-state index contributed by atoms with van der Waals surface area (Å²) in [6.45, 7) is 5.20. The van der Waals surface area contributed by atoms with Crippen molar-refractivity contribution in [1.82, 2.24) is 0 Å². The molecule has 1 aromatic heterocycles. The zero-order valence-electron chi connectivity index (χ0n) is 15.2. The second-order valence-electron chi connectivity index (χ2n) is 6.56. The van der Waals surface area contributed by atoms with Crippen molar-refractivity contribution >= 4 is 38.9 Å². The summed E-state index contributed by atoms with van der Waals surface area (Å²) in [5, 5.41) is 5.17. The predicted molar refractivity (Wildman–Crippen MR) is 103 cm³/mol. The highest BCUT2D eigenvalue weighted by Crippen LogP contribution is 2.33. The Balaban J connectivity index is 1.75. The number of hydrogen-bond acceptors (Lipinski definition) is 6. The molecule has 1 aromatic carbocycles. The Morgan fingerprint density at radius 3 is 2.59 bits per heavy atom. The molecule has 0 bridgehead atoms. The van der Waals surface area contributed by atoms with Crippen LogP contribution in [0, 0.1) is 13.8 Å². The lowest BCUT2D eigenvalue weighted by molar-refractivity contribution is -0.122. The zero-order chi connectivity index (χ0) is 19.9. The molecule has 0 saturated heterocycles. The van der Waals surface area contributed by atoms with E-state index >= 15 is 0 Å². The fourth-order valence-corrected chi connectivity index (χ4v) is 4.75. The first-order chi connectivity index (χ1) is 12.6. The third kappa shape index (κ3) is 3.90. The van der Waals surface area contributed by atoms with Gasteiger partial charge >= 0.3 is 5.97 Å². The van der Waals surface area contributed by atoms with Gasteiger partial charge in [0.1, 0.15) is 0 Å². The van der Waals surface area contributed by atoms with Crippen LogP contribution in [0.25, 0.3) is 0 Å². The summed E-state index contributed by atoms with van der Waals surface area (Å²) in [7, 11) is -3.81. The van der Waals surface area contributed by atoms with Crippen LogP contribution in [0.4, 0.5) is 5.69 Å². The van der Waals surface area contributed by atoms with Crippen molar-refractivity contribution in [1.29, 1.82) is 0 Å². The molecule has 1 aliphatic heterocycles. The SMILES string of the molecule is Cc1cc(C(=O)OCC(=O)N2c3ccc(S(N)(=O)=O)cc3CC2C)c(C)s1. The van der Waals surface area contributed by atoms with Crippen molar-refractivity contribution in [3.63, 3.8) is 0 Å². The van der Waals surface area contributed by atoms with E-state index in [2.05, 4.69) is 0 Å². The van der Waals surface area contributed by atoms with Crippen LogP contribution in [-0.2, 0) is 26.0 Å². The summed E-state index contributed by atoms with van der Waals surface area (Å²) in [6.07, 6.45) is 0.501. The van der Waals surface area contributed by atoms with Crippen LogP contribution in [0.1, 0.15) is 32.6 Å². The largest absolute Gasteiger partial charge is 0.452 e. The molecule has 7 nitrogen and oxygen atoms in total. The lowest BCUT2D eigenvalue weighted by Crippen LogP contribution is -2.38. The van der Waals surface area contributed by atoms with Crippen LogP contribution >= 0.6 is 11.3 Å². The monoisotopic (exact) mass is 408 g/mol. The normalized spacial score (nSPS) is 16.3. The van der Waals surface area contributed by atoms with E-state index in [1.807, 2.05) is 20.8 Å². The average Bonchev–Trinajstić information content (AvgIpc) is 3.08. The molecule has 1 unspecified atom stereocenters. The smallest absolute Gasteiger partial charge is 0.339 e. The van der Waals surface area contributed by atoms with Gasteiger partial charge in [0.05, 0.1) is 10.5 Å². The maximum Gasteiger partial charge on any atom is 0.339 e. The van der Waals surface area contributed by atoms with Gasteiger partial charge in [-0.2, -0.15) is 0 Å². The molecule has 0 saturated carbocycles. The number of carbonyl (C=O) groups is 2. The van der Waals surface area contributed by atoms with Gasteiger partial charge in [-0.3, -0.25) is 4.79 Å². The lowest BCUT2D eigenvalue weighted by atomic mass is 10.1. The van der Waals surface area contributed by atoms with Gasteiger partial charge in [-0.15, -0.1) is 11.3 Å².